The number of hydrogen-bond donors (Lipinski definition) is 1. The predicted molar refractivity (Wildman–Crippen MR) is 120 cm³/mol. The third-order valence-corrected chi connectivity index (χ3v) is 5.68. The Morgan fingerprint density at radius 3 is 2.56 bits per heavy atom. The standard InChI is InChI=1S/C20H32N4O2.HI/c1-21-19(24-9-10-26-18(13-24)14-25-4)22-15-20(23(2)3)11-16-7-5-6-8-17(16)12-20;/h5-8,18H,9-15H2,1-4H3,(H,21,22);1H. The number of benzene rings is 1. The lowest BCUT2D eigenvalue weighted by atomic mass is 9.94. The Balaban J connectivity index is 0.00000261. The highest BCUT2D eigenvalue weighted by atomic mass is 127. The van der Waals surface area contributed by atoms with Crippen LogP contribution in [-0.2, 0) is 22.3 Å². The molecule has 1 saturated heterocycles. The van der Waals surface area contributed by atoms with Gasteiger partial charge in [0, 0.05) is 39.3 Å². The second kappa shape index (κ2) is 10.0. The summed E-state index contributed by atoms with van der Waals surface area (Å²) in [6.07, 6.45) is 2.23. The topological polar surface area (TPSA) is 49.3 Å². The molecule has 0 bridgehead atoms. The molecule has 0 radical (unpaired) electrons. The van der Waals surface area contributed by atoms with Crippen molar-refractivity contribution < 1.29 is 9.47 Å². The van der Waals surface area contributed by atoms with Crippen molar-refractivity contribution in [3.05, 3.63) is 35.4 Å². The molecular formula is C20H33IN4O2. The van der Waals surface area contributed by atoms with Crippen LogP contribution in [0.2, 0.25) is 0 Å². The van der Waals surface area contributed by atoms with Crippen LogP contribution in [0.25, 0.3) is 0 Å². The van der Waals surface area contributed by atoms with E-state index in [1.165, 1.54) is 11.1 Å². The van der Waals surface area contributed by atoms with Gasteiger partial charge >= 0.3 is 0 Å². The Hall–Kier alpha value is -0.900. The molecule has 7 heteroatoms. The Morgan fingerprint density at radius 1 is 1.33 bits per heavy atom. The molecular weight excluding hydrogens is 455 g/mol. The van der Waals surface area contributed by atoms with E-state index >= 15 is 0 Å². The second-order valence-corrected chi connectivity index (χ2v) is 7.54. The second-order valence-electron chi connectivity index (χ2n) is 7.54. The number of fused-ring (bicyclic) bond motifs is 1. The molecule has 2 aliphatic rings. The van der Waals surface area contributed by atoms with Gasteiger partial charge in [-0.2, -0.15) is 0 Å². The van der Waals surface area contributed by atoms with Crippen LogP contribution in [0.3, 0.4) is 0 Å². The summed E-state index contributed by atoms with van der Waals surface area (Å²) in [6, 6.07) is 8.79. The number of rotatable bonds is 5. The first kappa shape index (κ1) is 22.4. The summed E-state index contributed by atoms with van der Waals surface area (Å²) in [5.74, 6) is 0.951. The zero-order valence-electron chi connectivity index (χ0n) is 16.9. The van der Waals surface area contributed by atoms with Crippen LogP contribution in [-0.4, -0.2) is 88.5 Å². The van der Waals surface area contributed by atoms with Crippen molar-refractivity contribution in [1.82, 2.24) is 15.1 Å². The van der Waals surface area contributed by atoms with Crippen LogP contribution in [0.15, 0.2) is 29.3 Å². The lowest BCUT2D eigenvalue weighted by molar-refractivity contribution is -0.0448. The first-order valence-electron chi connectivity index (χ1n) is 9.38. The van der Waals surface area contributed by atoms with E-state index in [-0.39, 0.29) is 35.6 Å². The van der Waals surface area contributed by atoms with Gasteiger partial charge in [0.1, 0.15) is 0 Å². The van der Waals surface area contributed by atoms with E-state index in [1.54, 1.807) is 7.11 Å². The van der Waals surface area contributed by atoms with Crippen molar-refractivity contribution in [2.45, 2.75) is 24.5 Å². The number of aliphatic imine (C=N–C) groups is 1. The molecule has 1 heterocycles. The molecule has 1 aliphatic carbocycles. The van der Waals surface area contributed by atoms with Gasteiger partial charge in [-0.25, -0.2) is 0 Å². The predicted octanol–water partition coefficient (Wildman–Crippen LogP) is 1.63. The summed E-state index contributed by atoms with van der Waals surface area (Å²) in [5, 5.41) is 3.64. The number of morpholine rings is 1. The van der Waals surface area contributed by atoms with Gasteiger partial charge in [-0.1, -0.05) is 24.3 Å². The fraction of sp³-hybridized carbons (Fsp3) is 0.650. The van der Waals surface area contributed by atoms with E-state index in [2.05, 4.69) is 58.5 Å². The third kappa shape index (κ3) is 5.13. The number of halogens is 1. The molecule has 6 nitrogen and oxygen atoms in total. The van der Waals surface area contributed by atoms with Crippen molar-refractivity contribution in [2.75, 3.05) is 61.1 Å². The minimum atomic E-state index is 0. The molecule has 1 N–H and O–H groups in total. The first-order valence-corrected chi connectivity index (χ1v) is 9.38. The minimum Gasteiger partial charge on any atom is -0.382 e. The van der Waals surface area contributed by atoms with Crippen LogP contribution in [0.4, 0.5) is 0 Å². The van der Waals surface area contributed by atoms with Gasteiger partial charge in [0.2, 0.25) is 0 Å². The molecule has 1 aromatic rings. The van der Waals surface area contributed by atoms with Gasteiger partial charge in [-0.05, 0) is 38.1 Å². The normalized spacial score (nSPS) is 21.7. The molecule has 3 rings (SSSR count). The highest BCUT2D eigenvalue weighted by Crippen LogP contribution is 2.33. The molecule has 1 aromatic carbocycles. The van der Waals surface area contributed by atoms with Crippen molar-refractivity contribution >= 4 is 29.9 Å². The molecule has 0 aromatic heterocycles. The van der Waals surface area contributed by atoms with Crippen LogP contribution in [0.1, 0.15) is 11.1 Å². The lowest BCUT2D eigenvalue weighted by Gasteiger charge is -2.39. The molecule has 1 aliphatic heterocycles. The van der Waals surface area contributed by atoms with E-state index in [0.717, 1.165) is 38.4 Å². The van der Waals surface area contributed by atoms with Gasteiger partial charge in [0.15, 0.2) is 5.96 Å². The smallest absolute Gasteiger partial charge is 0.193 e. The van der Waals surface area contributed by atoms with Gasteiger partial charge < -0.3 is 24.6 Å². The van der Waals surface area contributed by atoms with E-state index in [9.17, 15) is 0 Å². The maximum Gasteiger partial charge on any atom is 0.193 e. The SMILES string of the molecule is CN=C(NCC1(N(C)C)Cc2ccccc2C1)N1CCOC(COC)C1.I. The summed E-state index contributed by atoms with van der Waals surface area (Å²) in [4.78, 5) is 9.16. The van der Waals surface area contributed by atoms with Crippen molar-refractivity contribution in [3.8, 4) is 0 Å². The number of guanidine groups is 1. The van der Waals surface area contributed by atoms with E-state index < -0.39 is 0 Å². The molecule has 152 valence electrons. The maximum atomic E-state index is 5.76. The molecule has 0 amide bonds. The lowest BCUT2D eigenvalue weighted by Crippen LogP contribution is -2.58. The highest BCUT2D eigenvalue weighted by molar-refractivity contribution is 14.0. The summed E-state index contributed by atoms with van der Waals surface area (Å²) in [7, 11) is 7.93. The van der Waals surface area contributed by atoms with Crippen LogP contribution < -0.4 is 5.32 Å². The first-order chi connectivity index (χ1) is 12.6. The molecule has 0 saturated carbocycles. The van der Waals surface area contributed by atoms with Gasteiger partial charge in [-0.3, -0.25) is 4.99 Å². The Bertz CT molecular complexity index is 611. The van der Waals surface area contributed by atoms with Crippen LogP contribution >= 0.6 is 24.0 Å². The largest absolute Gasteiger partial charge is 0.382 e. The number of likely N-dealkylation sites (N-methyl/N-ethyl adjacent to an activating group) is 1. The van der Waals surface area contributed by atoms with E-state index in [4.69, 9.17) is 9.47 Å². The molecule has 1 unspecified atom stereocenters. The average Bonchev–Trinajstić information content (AvgIpc) is 3.03. The highest BCUT2D eigenvalue weighted by Gasteiger charge is 2.39. The fourth-order valence-electron chi connectivity index (χ4n) is 4.05. The summed E-state index contributed by atoms with van der Waals surface area (Å²) < 4.78 is 11.0. The zero-order chi connectivity index (χ0) is 18.6. The number of methoxy groups -OCH3 is 1. The van der Waals surface area contributed by atoms with E-state index in [0.29, 0.717) is 13.2 Å². The molecule has 1 fully saturated rings. The van der Waals surface area contributed by atoms with Gasteiger partial charge in [0.05, 0.1) is 19.3 Å². The summed E-state index contributed by atoms with van der Waals surface area (Å²) in [6.45, 7) is 3.86. The third-order valence-electron chi connectivity index (χ3n) is 5.68. The summed E-state index contributed by atoms with van der Waals surface area (Å²) >= 11 is 0. The van der Waals surface area contributed by atoms with Crippen LogP contribution in [0.5, 0.6) is 0 Å². The quantitative estimate of drug-likeness (QED) is 0.388. The Morgan fingerprint density at radius 2 is 2.00 bits per heavy atom. The number of nitrogens with one attached hydrogen (secondary N) is 1. The van der Waals surface area contributed by atoms with Crippen molar-refractivity contribution in [3.63, 3.8) is 0 Å². The van der Waals surface area contributed by atoms with Crippen LogP contribution in [0, 0.1) is 0 Å². The molecule has 1 atom stereocenters. The summed E-state index contributed by atoms with van der Waals surface area (Å²) in [5.41, 5.74) is 3.01. The van der Waals surface area contributed by atoms with Gasteiger partial charge in [-0.15, -0.1) is 24.0 Å². The fourth-order valence-corrected chi connectivity index (χ4v) is 4.05. The van der Waals surface area contributed by atoms with Crippen molar-refractivity contribution in [2.24, 2.45) is 4.99 Å². The number of nitrogens with zero attached hydrogens (tertiary/aromatic N) is 3. The van der Waals surface area contributed by atoms with E-state index in [1.807, 2.05) is 7.05 Å². The molecule has 0 spiro atoms. The Labute approximate surface area is 180 Å². The zero-order valence-corrected chi connectivity index (χ0v) is 19.2. The Kier molecular flexibility index (Phi) is 8.33. The minimum absolute atomic E-state index is 0. The van der Waals surface area contributed by atoms with Crippen molar-refractivity contribution in [1.29, 1.82) is 0 Å². The van der Waals surface area contributed by atoms with Gasteiger partial charge in [0.25, 0.3) is 0 Å². The maximum absolute atomic E-state index is 5.76. The number of hydrogen-bond acceptors (Lipinski definition) is 4. The molecule has 27 heavy (non-hydrogen) atoms. The number of ether oxygens (including phenoxy) is 2. The monoisotopic (exact) mass is 488 g/mol. The average molecular weight is 488 g/mol.